The lowest BCUT2D eigenvalue weighted by Crippen LogP contribution is -2.40. The third kappa shape index (κ3) is 4.68. The molecular weight excluding hydrogens is 300 g/mol. The maximum atomic E-state index is 11.1. The number of benzene rings is 1. The van der Waals surface area contributed by atoms with Crippen molar-refractivity contribution in [1.82, 2.24) is 20.0 Å². The normalized spacial score (nSPS) is 18.5. The highest BCUT2D eigenvalue weighted by Crippen LogP contribution is 2.20. The van der Waals surface area contributed by atoms with Crippen LogP contribution in [-0.2, 0) is 17.9 Å². The first-order chi connectivity index (χ1) is 11.7. The summed E-state index contributed by atoms with van der Waals surface area (Å²) >= 11 is 0. The van der Waals surface area contributed by atoms with Crippen molar-refractivity contribution >= 4 is 5.91 Å². The Morgan fingerprint density at radius 1 is 1.25 bits per heavy atom. The van der Waals surface area contributed by atoms with Gasteiger partial charge in [-0.05, 0) is 42.5 Å². The molecule has 0 bridgehead atoms. The third-order valence-corrected chi connectivity index (χ3v) is 4.65. The lowest BCUT2D eigenvalue weighted by atomic mass is 9.97. The molecule has 1 atom stereocenters. The fourth-order valence-electron chi connectivity index (χ4n) is 3.42. The standard InChI is InChI=1S/C19H26N4O/c1-16(24)20-12-17-6-4-10-22(13-17)14-18-7-2-3-8-19(18)15-23-11-5-9-21-23/h2-3,5,7-9,11,17H,4,6,10,12-15H2,1H3,(H,20,24). The van der Waals surface area contributed by atoms with Crippen LogP contribution in [0.25, 0.3) is 0 Å². The second kappa shape index (κ2) is 8.11. The van der Waals surface area contributed by atoms with E-state index in [1.807, 2.05) is 23.1 Å². The number of hydrogen-bond donors (Lipinski definition) is 1. The Labute approximate surface area is 143 Å². The molecule has 5 nitrogen and oxygen atoms in total. The zero-order valence-electron chi connectivity index (χ0n) is 14.3. The zero-order valence-corrected chi connectivity index (χ0v) is 14.3. The van der Waals surface area contributed by atoms with Gasteiger partial charge in [-0.3, -0.25) is 14.4 Å². The summed E-state index contributed by atoms with van der Waals surface area (Å²) in [6, 6.07) is 10.6. The summed E-state index contributed by atoms with van der Waals surface area (Å²) in [6.45, 7) is 6.34. The van der Waals surface area contributed by atoms with Crippen LogP contribution in [0.4, 0.5) is 0 Å². The number of carbonyl (C=O) groups is 1. The van der Waals surface area contributed by atoms with Gasteiger partial charge in [0.2, 0.25) is 5.91 Å². The maximum Gasteiger partial charge on any atom is 0.216 e. The van der Waals surface area contributed by atoms with E-state index in [4.69, 9.17) is 0 Å². The van der Waals surface area contributed by atoms with Crippen LogP contribution in [0.15, 0.2) is 42.7 Å². The molecule has 2 heterocycles. The molecule has 0 spiro atoms. The molecule has 2 aromatic rings. The summed E-state index contributed by atoms with van der Waals surface area (Å²) in [6.07, 6.45) is 6.22. The highest BCUT2D eigenvalue weighted by Gasteiger charge is 2.20. The molecule has 1 unspecified atom stereocenters. The van der Waals surface area contributed by atoms with Crippen molar-refractivity contribution in [2.45, 2.75) is 32.9 Å². The molecule has 1 amide bonds. The molecule has 24 heavy (non-hydrogen) atoms. The van der Waals surface area contributed by atoms with Gasteiger partial charge in [-0.15, -0.1) is 0 Å². The van der Waals surface area contributed by atoms with Crippen LogP contribution in [0.3, 0.4) is 0 Å². The Morgan fingerprint density at radius 3 is 2.75 bits per heavy atom. The monoisotopic (exact) mass is 326 g/mol. The maximum absolute atomic E-state index is 11.1. The first kappa shape index (κ1) is 16.7. The van der Waals surface area contributed by atoms with Crippen LogP contribution in [-0.4, -0.2) is 40.2 Å². The molecule has 0 radical (unpaired) electrons. The van der Waals surface area contributed by atoms with E-state index in [9.17, 15) is 4.79 Å². The average Bonchev–Trinajstić information content (AvgIpc) is 3.08. The largest absolute Gasteiger partial charge is 0.356 e. The fourth-order valence-corrected chi connectivity index (χ4v) is 3.42. The second-order valence-corrected chi connectivity index (χ2v) is 6.65. The summed E-state index contributed by atoms with van der Waals surface area (Å²) in [7, 11) is 0. The van der Waals surface area contributed by atoms with Gasteiger partial charge in [0.15, 0.2) is 0 Å². The Hall–Kier alpha value is -2.14. The van der Waals surface area contributed by atoms with Gasteiger partial charge in [-0.25, -0.2) is 0 Å². The Bertz CT molecular complexity index is 653. The topological polar surface area (TPSA) is 50.2 Å². The van der Waals surface area contributed by atoms with Crippen LogP contribution in [0.2, 0.25) is 0 Å². The van der Waals surface area contributed by atoms with Crippen molar-refractivity contribution < 1.29 is 4.79 Å². The number of likely N-dealkylation sites (tertiary alicyclic amines) is 1. The predicted molar refractivity (Wildman–Crippen MR) is 94.5 cm³/mol. The van der Waals surface area contributed by atoms with Crippen molar-refractivity contribution in [3.8, 4) is 0 Å². The Balaban J connectivity index is 1.62. The number of rotatable bonds is 6. The van der Waals surface area contributed by atoms with E-state index in [2.05, 4.69) is 39.6 Å². The van der Waals surface area contributed by atoms with E-state index in [1.165, 1.54) is 24.0 Å². The number of nitrogens with one attached hydrogen (secondary N) is 1. The summed E-state index contributed by atoms with van der Waals surface area (Å²) in [5.41, 5.74) is 2.69. The SMILES string of the molecule is CC(=O)NCC1CCCN(Cc2ccccc2Cn2cccn2)C1. The molecular formula is C19H26N4O. The minimum Gasteiger partial charge on any atom is -0.356 e. The third-order valence-electron chi connectivity index (χ3n) is 4.65. The van der Waals surface area contributed by atoms with Gasteiger partial charge in [0.1, 0.15) is 0 Å². The predicted octanol–water partition coefficient (Wildman–Crippen LogP) is 2.28. The summed E-state index contributed by atoms with van der Waals surface area (Å²) in [5.74, 6) is 0.623. The van der Waals surface area contributed by atoms with E-state index in [0.29, 0.717) is 5.92 Å². The quantitative estimate of drug-likeness (QED) is 0.886. The Kier molecular flexibility index (Phi) is 5.64. The first-order valence-corrected chi connectivity index (χ1v) is 8.71. The molecule has 3 rings (SSSR count). The summed E-state index contributed by atoms with van der Waals surface area (Å²) < 4.78 is 1.97. The zero-order chi connectivity index (χ0) is 16.8. The molecule has 1 aliphatic heterocycles. The van der Waals surface area contributed by atoms with Gasteiger partial charge in [-0.1, -0.05) is 24.3 Å². The number of piperidine rings is 1. The van der Waals surface area contributed by atoms with Crippen LogP contribution >= 0.6 is 0 Å². The fraction of sp³-hybridized carbons (Fsp3) is 0.474. The molecule has 1 aromatic heterocycles. The minimum absolute atomic E-state index is 0.0664. The van der Waals surface area contributed by atoms with E-state index >= 15 is 0 Å². The second-order valence-electron chi connectivity index (χ2n) is 6.65. The number of hydrogen-bond acceptors (Lipinski definition) is 3. The molecule has 1 N–H and O–H groups in total. The van der Waals surface area contributed by atoms with E-state index in [1.54, 1.807) is 6.92 Å². The van der Waals surface area contributed by atoms with Gasteiger partial charge in [0.05, 0.1) is 6.54 Å². The van der Waals surface area contributed by atoms with Gasteiger partial charge in [0.25, 0.3) is 0 Å². The molecule has 0 saturated carbocycles. The summed E-state index contributed by atoms with van der Waals surface area (Å²) in [4.78, 5) is 13.6. The van der Waals surface area contributed by atoms with Crippen LogP contribution < -0.4 is 5.32 Å². The lowest BCUT2D eigenvalue weighted by Gasteiger charge is -2.33. The van der Waals surface area contributed by atoms with Gasteiger partial charge < -0.3 is 5.32 Å². The van der Waals surface area contributed by atoms with Crippen molar-refractivity contribution in [2.24, 2.45) is 5.92 Å². The van der Waals surface area contributed by atoms with Crippen molar-refractivity contribution in [3.63, 3.8) is 0 Å². The van der Waals surface area contributed by atoms with Crippen LogP contribution in [0, 0.1) is 5.92 Å². The van der Waals surface area contributed by atoms with Gasteiger partial charge in [-0.2, -0.15) is 5.10 Å². The molecule has 128 valence electrons. The molecule has 0 aliphatic carbocycles. The van der Waals surface area contributed by atoms with Crippen molar-refractivity contribution in [3.05, 3.63) is 53.9 Å². The molecule has 5 heteroatoms. The van der Waals surface area contributed by atoms with Gasteiger partial charge >= 0.3 is 0 Å². The number of aromatic nitrogens is 2. The minimum atomic E-state index is 0.0664. The van der Waals surface area contributed by atoms with E-state index in [-0.39, 0.29) is 5.91 Å². The molecule has 1 aromatic carbocycles. The first-order valence-electron chi connectivity index (χ1n) is 8.71. The van der Waals surface area contributed by atoms with Crippen molar-refractivity contribution in [2.75, 3.05) is 19.6 Å². The number of amides is 1. The van der Waals surface area contributed by atoms with Crippen LogP contribution in [0.5, 0.6) is 0 Å². The Morgan fingerprint density at radius 2 is 2.04 bits per heavy atom. The van der Waals surface area contributed by atoms with Crippen LogP contribution in [0.1, 0.15) is 30.9 Å². The van der Waals surface area contributed by atoms with E-state index in [0.717, 1.165) is 32.7 Å². The number of carbonyl (C=O) groups excluding carboxylic acids is 1. The van der Waals surface area contributed by atoms with E-state index < -0.39 is 0 Å². The van der Waals surface area contributed by atoms with Gasteiger partial charge in [0, 0.05) is 39.0 Å². The highest BCUT2D eigenvalue weighted by molar-refractivity contribution is 5.72. The van der Waals surface area contributed by atoms with Crippen molar-refractivity contribution in [1.29, 1.82) is 0 Å². The molecule has 1 saturated heterocycles. The lowest BCUT2D eigenvalue weighted by molar-refractivity contribution is -0.119. The summed E-state index contributed by atoms with van der Waals surface area (Å²) in [5, 5.41) is 7.28. The molecule has 1 fully saturated rings. The molecule has 1 aliphatic rings. The number of nitrogens with zero attached hydrogens (tertiary/aromatic N) is 3. The highest BCUT2D eigenvalue weighted by atomic mass is 16.1. The average molecular weight is 326 g/mol. The smallest absolute Gasteiger partial charge is 0.216 e.